The average Bonchev–Trinajstić information content (AvgIpc) is 2.78. The molecule has 104 valence electrons. The zero-order valence-corrected chi connectivity index (χ0v) is 11.6. The first-order chi connectivity index (χ1) is 9.09. The van der Waals surface area contributed by atoms with Crippen molar-refractivity contribution in [2.24, 2.45) is 5.41 Å². The third kappa shape index (κ3) is 4.06. The molecule has 19 heavy (non-hydrogen) atoms. The minimum Gasteiger partial charge on any atom is -0.481 e. The standard InChI is InChI=1S/C16H23NO2/c1-16(8-4-5-9-16)12-17-11-14-7-3-2-6-13(14)10-15(18)19/h2-3,6-7,17H,4-5,8-12H2,1H3,(H,18,19). The Hall–Kier alpha value is -1.35. The lowest BCUT2D eigenvalue weighted by atomic mass is 9.89. The minimum absolute atomic E-state index is 0.106. The molecule has 2 N–H and O–H groups in total. The Labute approximate surface area is 115 Å². The molecule has 1 saturated carbocycles. The molecule has 0 aromatic heterocycles. The lowest BCUT2D eigenvalue weighted by Gasteiger charge is -2.24. The smallest absolute Gasteiger partial charge is 0.307 e. The Morgan fingerprint density at radius 2 is 1.89 bits per heavy atom. The highest BCUT2D eigenvalue weighted by Crippen LogP contribution is 2.36. The second-order valence-electron chi connectivity index (χ2n) is 5.96. The molecule has 0 amide bonds. The van der Waals surface area contributed by atoms with E-state index < -0.39 is 5.97 Å². The van der Waals surface area contributed by atoms with Gasteiger partial charge in [-0.25, -0.2) is 0 Å². The van der Waals surface area contributed by atoms with E-state index in [0.29, 0.717) is 5.41 Å². The van der Waals surface area contributed by atoms with Gasteiger partial charge in [-0.2, -0.15) is 0 Å². The van der Waals surface area contributed by atoms with E-state index in [4.69, 9.17) is 5.11 Å². The van der Waals surface area contributed by atoms with E-state index in [0.717, 1.165) is 24.2 Å². The molecule has 0 spiro atoms. The van der Waals surface area contributed by atoms with Crippen molar-refractivity contribution in [3.63, 3.8) is 0 Å². The van der Waals surface area contributed by atoms with E-state index in [-0.39, 0.29) is 6.42 Å². The summed E-state index contributed by atoms with van der Waals surface area (Å²) < 4.78 is 0. The molecule has 0 radical (unpaired) electrons. The summed E-state index contributed by atoms with van der Waals surface area (Å²) in [4.78, 5) is 10.8. The number of hydrogen-bond acceptors (Lipinski definition) is 2. The first-order valence-corrected chi connectivity index (χ1v) is 7.08. The zero-order chi connectivity index (χ0) is 13.7. The van der Waals surface area contributed by atoms with Crippen molar-refractivity contribution in [3.05, 3.63) is 35.4 Å². The fraction of sp³-hybridized carbons (Fsp3) is 0.562. The molecule has 0 aliphatic heterocycles. The van der Waals surface area contributed by atoms with Crippen LogP contribution < -0.4 is 5.32 Å². The summed E-state index contributed by atoms with van der Waals surface area (Å²) in [5, 5.41) is 12.4. The van der Waals surface area contributed by atoms with Gasteiger partial charge in [-0.1, -0.05) is 44.0 Å². The maximum absolute atomic E-state index is 10.8. The maximum atomic E-state index is 10.8. The van der Waals surface area contributed by atoms with Gasteiger partial charge in [0.1, 0.15) is 0 Å². The van der Waals surface area contributed by atoms with Crippen molar-refractivity contribution in [2.45, 2.75) is 45.6 Å². The minimum atomic E-state index is -0.768. The third-order valence-corrected chi connectivity index (χ3v) is 4.14. The summed E-state index contributed by atoms with van der Waals surface area (Å²) in [6.45, 7) is 4.13. The normalized spacial score (nSPS) is 17.5. The second kappa shape index (κ2) is 6.20. The van der Waals surface area contributed by atoms with Crippen LogP contribution in [0, 0.1) is 5.41 Å². The maximum Gasteiger partial charge on any atom is 0.307 e. The highest BCUT2D eigenvalue weighted by Gasteiger charge is 2.27. The van der Waals surface area contributed by atoms with E-state index in [1.165, 1.54) is 25.7 Å². The fourth-order valence-corrected chi connectivity index (χ4v) is 2.97. The number of carboxylic acids is 1. The SMILES string of the molecule is CC1(CNCc2ccccc2CC(=O)O)CCCC1. The van der Waals surface area contributed by atoms with Crippen LogP contribution in [0.3, 0.4) is 0 Å². The Bertz CT molecular complexity index is 436. The molecule has 1 aromatic rings. The number of carbonyl (C=O) groups is 1. The van der Waals surface area contributed by atoms with Crippen LogP contribution in [0.4, 0.5) is 0 Å². The molecule has 0 bridgehead atoms. The first kappa shape index (κ1) is 14.1. The van der Waals surface area contributed by atoms with Crippen LogP contribution >= 0.6 is 0 Å². The molecule has 2 rings (SSSR count). The van der Waals surface area contributed by atoms with Crippen LogP contribution in [-0.4, -0.2) is 17.6 Å². The Kier molecular flexibility index (Phi) is 4.59. The molecule has 0 unspecified atom stereocenters. The molecule has 1 fully saturated rings. The van der Waals surface area contributed by atoms with Crippen molar-refractivity contribution in [1.29, 1.82) is 0 Å². The highest BCUT2D eigenvalue weighted by molar-refractivity contribution is 5.70. The summed E-state index contributed by atoms with van der Waals surface area (Å²) in [5.74, 6) is -0.768. The van der Waals surface area contributed by atoms with Crippen molar-refractivity contribution in [2.75, 3.05) is 6.54 Å². The van der Waals surface area contributed by atoms with Crippen LogP contribution in [0.5, 0.6) is 0 Å². The molecule has 1 aliphatic rings. The van der Waals surface area contributed by atoms with Gasteiger partial charge in [-0.3, -0.25) is 4.79 Å². The van der Waals surface area contributed by atoms with E-state index in [1.807, 2.05) is 24.3 Å². The molecule has 1 aliphatic carbocycles. The molecule has 3 nitrogen and oxygen atoms in total. The summed E-state index contributed by atoms with van der Waals surface area (Å²) >= 11 is 0. The van der Waals surface area contributed by atoms with Gasteiger partial charge in [0.2, 0.25) is 0 Å². The molecular weight excluding hydrogens is 238 g/mol. The molecule has 0 saturated heterocycles. The Morgan fingerprint density at radius 3 is 2.53 bits per heavy atom. The largest absolute Gasteiger partial charge is 0.481 e. The number of carboxylic acid groups (broad SMARTS) is 1. The summed E-state index contributed by atoms with van der Waals surface area (Å²) in [7, 11) is 0. The molecule has 1 aromatic carbocycles. The van der Waals surface area contributed by atoms with Gasteiger partial charge in [0.25, 0.3) is 0 Å². The lowest BCUT2D eigenvalue weighted by molar-refractivity contribution is -0.136. The molecule has 0 atom stereocenters. The summed E-state index contributed by atoms with van der Waals surface area (Å²) in [6, 6.07) is 7.80. The third-order valence-electron chi connectivity index (χ3n) is 4.14. The number of aliphatic carboxylic acids is 1. The van der Waals surface area contributed by atoms with E-state index in [2.05, 4.69) is 12.2 Å². The summed E-state index contributed by atoms with van der Waals surface area (Å²) in [5.41, 5.74) is 2.45. The quantitative estimate of drug-likeness (QED) is 0.827. The molecule has 0 heterocycles. The van der Waals surface area contributed by atoms with E-state index in [9.17, 15) is 4.79 Å². The molecular formula is C16H23NO2. The zero-order valence-electron chi connectivity index (χ0n) is 11.6. The van der Waals surface area contributed by atoms with Gasteiger partial charge in [0.05, 0.1) is 6.42 Å². The summed E-state index contributed by atoms with van der Waals surface area (Å²) in [6.07, 6.45) is 5.39. The topological polar surface area (TPSA) is 49.3 Å². The van der Waals surface area contributed by atoms with Crippen LogP contribution in [0.15, 0.2) is 24.3 Å². The van der Waals surface area contributed by atoms with Crippen LogP contribution in [0.2, 0.25) is 0 Å². The first-order valence-electron chi connectivity index (χ1n) is 7.08. The number of benzene rings is 1. The predicted molar refractivity (Wildman–Crippen MR) is 76.1 cm³/mol. The van der Waals surface area contributed by atoms with E-state index in [1.54, 1.807) is 0 Å². The van der Waals surface area contributed by atoms with Crippen molar-refractivity contribution < 1.29 is 9.90 Å². The monoisotopic (exact) mass is 261 g/mol. The fourth-order valence-electron chi connectivity index (χ4n) is 2.97. The van der Waals surface area contributed by atoms with Gasteiger partial charge in [-0.05, 0) is 29.4 Å². The van der Waals surface area contributed by atoms with Gasteiger partial charge >= 0.3 is 5.97 Å². The lowest BCUT2D eigenvalue weighted by Crippen LogP contribution is -2.29. The number of nitrogens with one attached hydrogen (secondary N) is 1. The number of hydrogen-bond donors (Lipinski definition) is 2. The van der Waals surface area contributed by atoms with Gasteiger partial charge in [0, 0.05) is 13.1 Å². The Balaban J connectivity index is 1.90. The Morgan fingerprint density at radius 1 is 1.26 bits per heavy atom. The number of rotatable bonds is 6. The van der Waals surface area contributed by atoms with Crippen molar-refractivity contribution in [3.8, 4) is 0 Å². The van der Waals surface area contributed by atoms with Gasteiger partial charge < -0.3 is 10.4 Å². The van der Waals surface area contributed by atoms with Crippen LogP contribution in [0.25, 0.3) is 0 Å². The van der Waals surface area contributed by atoms with Crippen molar-refractivity contribution >= 4 is 5.97 Å². The van der Waals surface area contributed by atoms with E-state index >= 15 is 0 Å². The van der Waals surface area contributed by atoms with Crippen LogP contribution in [0.1, 0.15) is 43.7 Å². The van der Waals surface area contributed by atoms with Crippen molar-refractivity contribution in [1.82, 2.24) is 5.32 Å². The highest BCUT2D eigenvalue weighted by atomic mass is 16.4. The second-order valence-corrected chi connectivity index (χ2v) is 5.96. The molecule has 3 heteroatoms. The average molecular weight is 261 g/mol. The van der Waals surface area contributed by atoms with Gasteiger partial charge in [-0.15, -0.1) is 0 Å². The van der Waals surface area contributed by atoms with Gasteiger partial charge in [0.15, 0.2) is 0 Å². The predicted octanol–water partition coefficient (Wildman–Crippen LogP) is 2.98. The van der Waals surface area contributed by atoms with Crippen LogP contribution in [-0.2, 0) is 17.8 Å².